The van der Waals surface area contributed by atoms with Crippen LogP contribution in [0.2, 0.25) is 0 Å². The van der Waals surface area contributed by atoms with Gasteiger partial charge in [-0.15, -0.1) is 5.11 Å². The summed E-state index contributed by atoms with van der Waals surface area (Å²) in [6, 6.07) is 15.5. The minimum Gasteiger partial charge on any atom is -0.297 e. The molecule has 11 heteroatoms. The number of nitro groups is 1. The first-order valence-electron chi connectivity index (χ1n) is 9.28. The third-order valence-electron chi connectivity index (χ3n) is 4.71. The lowest BCUT2D eigenvalue weighted by atomic mass is 10.2. The van der Waals surface area contributed by atoms with Crippen molar-refractivity contribution in [1.29, 1.82) is 0 Å². The van der Waals surface area contributed by atoms with Gasteiger partial charge in [0.05, 0.1) is 18.0 Å². The molecule has 4 rings (SSSR count). The van der Waals surface area contributed by atoms with Gasteiger partial charge < -0.3 is 0 Å². The van der Waals surface area contributed by atoms with Gasteiger partial charge in [0.25, 0.3) is 17.2 Å². The largest absolute Gasteiger partial charge is 0.329 e. The second-order valence-corrected chi connectivity index (χ2v) is 6.80. The molecule has 0 saturated heterocycles. The van der Waals surface area contributed by atoms with Crippen molar-refractivity contribution in [2.75, 3.05) is 0 Å². The van der Waals surface area contributed by atoms with Gasteiger partial charge in [0.2, 0.25) is 0 Å². The number of nitrogens with one attached hydrogen (secondary N) is 1. The highest BCUT2D eigenvalue weighted by Crippen LogP contribution is 2.21. The molecule has 0 amide bonds. The van der Waals surface area contributed by atoms with Crippen LogP contribution in [0.3, 0.4) is 0 Å². The van der Waals surface area contributed by atoms with Crippen molar-refractivity contribution in [2.45, 2.75) is 13.1 Å². The second-order valence-electron chi connectivity index (χ2n) is 6.80. The molecule has 0 atom stereocenters. The van der Waals surface area contributed by atoms with Crippen molar-refractivity contribution in [3.8, 4) is 0 Å². The van der Waals surface area contributed by atoms with Crippen molar-refractivity contribution in [3.63, 3.8) is 0 Å². The number of hydrogen-bond acceptors (Lipinski definition) is 7. The SMILES string of the molecule is Cn1c(=O)[nH]c(=O)c2c1nc(N=NCc1cccc([N+](=O)[O-])c1)n2Cc1ccccc1. The van der Waals surface area contributed by atoms with Crippen LogP contribution >= 0.6 is 0 Å². The van der Waals surface area contributed by atoms with Crippen molar-refractivity contribution in [1.82, 2.24) is 19.1 Å². The van der Waals surface area contributed by atoms with Crippen LogP contribution in [0.1, 0.15) is 11.1 Å². The van der Waals surface area contributed by atoms with Gasteiger partial charge in [-0.05, 0) is 11.1 Å². The number of fused-ring (bicyclic) bond motifs is 1. The van der Waals surface area contributed by atoms with Crippen molar-refractivity contribution < 1.29 is 4.92 Å². The second kappa shape index (κ2) is 8.14. The third kappa shape index (κ3) is 4.01. The van der Waals surface area contributed by atoms with Crippen molar-refractivity contribution >= 4 is 22.8 Å². The summed E-state index contributed by atoms with van der Waals surface area (Å²) >= 11 is 0. The van der Waals surface area contributed by atoms with Crippen LogP contribution in [-0.4, -0.2) is 24.0 Å². The average molecular weight is 419 g/mol. The number of azo groups is 1. The zero-order chi connectivity index (χ0) is 22.0. The first-order chi connectivity index (χ1) is 14.9. The number of benzene rings is 2. The monoisotopic (exact) mass is 419 g/mol. The molecular formula is C20H17N7O4. The van der Waals surface area contributed by atoms with E-state index in [-0.39, 0.29) is 29.3 Å². The Morgan fingerprint density at radius 1 is 1.10 bits per heavy atom. The highest BCUT2D eigenvalue weighted by Gasteiger charge is 2.17. The fourth-order valence-electron chi connectivity index (χ4n) is 3.16. The molecular weight excluding hydrogens is 402 g/mol. The fraction of sp³-hybridized carbons (Fsp3) is 0.150. The lowest BCUT2D eigenvalue weighted by Gasteiger charge is -2.06. The van der Waals surface area contributed by atoms with E-state index < -0.39 is 16.2 Å². The van der Waals surface area contributed by atoms with Gasteiger partial charge in [-0.1, -0.05) is 42.5 Å². The molecule has 31 heavy (non-hydrogen) atoms. The van der Waals surface area contributed by atoms with Crippen molar-refractivity contribution in [2.24, 2.45) is 17.3 Å². The Morgan fingerprint density at radius 3 is 2.58 bits per heavy atom. The van der Waals surface area contributed by atoms with E-state index in [1.54, 1.807) is 16.7 Å². The topological polar surface area (TPSA) is 141 Å². The molecule has 2 aromatic carbocycles. The Kier molecular flexibility index (Phi) is 5.22. The standard InChI is InChI=1S/C20H17N7O4/c1-25-17-16(18(28)23-20(25)29)26(12-13-6-3-2-4-7-13)19(22-17)24-21-11-14-8-5-9-15(10-14)27(30)31/h2-10H,11-12H2,1H3,(H,23,28,29). The number of hydrogen-bond donors (Lipinski definition) is 1. The zero-order valence-electron chi connectivity index (χ0n) is 16.4. The summed E-state index contributed by atoms with van der Waals surface area (Å²) in [6.45, 7) is 0.384. The molecule has 0 radical (unpaired) electrons. The van der Waals surface area contributed by atoms with E-state index >= 15 is 0 Å². The first kappa shape index (κ1) is 19.9. The van der Waals surface area contributed by atoms with E-state index in [1.165, 1.54) is 23.7 Å². The minimum atomic E-state index is -0.582. The number of aryl methyl sites for hydroxylation is 1. The summed E-state index contributed by atoms with van der Waals surface area (Å²) in [7, 11) is 1.50. The number of non-ortho nitro benzene ring substituents is 1. The molecule has 1 N–H and O–H groups in total. The molecule has 0 unspecified atom stereocenters. The predicted octanol–water partition coefficient (Wildman–Crippen LogP) is 2.66. The Morgan fingerprint density at radius 2 is 1.84 bits per heavy atom. The van der Waals surface area contributed by atoms with Gasteiger partial charge in [0.1, 0.15) is 0 Å². The quantitative estimate of drug-likeness (QED) is 0.291. The number of imidazole rings is 1. The molecule has 156 valence electrons. The maximum Gasteiger partial charge on any atom is 0.329 e. The first-order valence-corrected chi connectivity index (χ1v) is 9.28. The van der Waals surface area contributed by atoms with Gasteiger partial charge in [-0.2, -0.15) is 10.1 Å². The normalized spacial score (nSPS) is 11.4. The Hall–Kier alpha value is -4.41. The molecule has 4 aromatic rings. The molecule has 0 saturated carbocycles. The lowest BCUT2D eigenvalue weighted by Crippen LogP contribution is -2.29. The molecule has 0 aliphatic heterocycles. The Balaban J connectivity index is 1.76. The van der Waals surface area contributed by atoms with Gasteiger partial charge >= 0.3 is 5.69 Å². The average Bonchev–Trinajstić information content (AvgIpc) is 3.12. The summed E-state index contributed by atoms with van der Waals surface area (Å²) in [5, 5.41) is 19.2. The van der Waals surface area contributed by atoms with Crippen LogP contribution in [0, 0.1) is 10.1 Å². The molecule has 11 nitrogen and oxygen atoms in total. The van der Waals surface area contributed by atoms with Crippen LogP contribution in [0.4, 0.5) is 11.6 Å². The van der Waals surface area contributed by atoms with Crippen LogP contribution in [0.5, 0.6) is 0 Å². The van der Waals surface area contributed by atoms with Gasteiger partial charge in [-0.3, -0.25) is 29.0 Å². The number of H-pyrrole nitrogens is 1. The summed E-state index contributed by atoms with van der Waals surface area (Å²) < 4.78 is 2.82. The van der Waals surface area contributed by atoms with E-state index in [2.05, 4.69) is 20.2 Å². The maximum absolute atomic E-state index is 12.5. The smallest absolute Gasteiger partial charge is 0.297 e. The van der Waals surface area contributed by atoms with E-state index in [1.807, 2.05) is 30.3 Å². The molecule has 0 spiro atoms. The third-order valence-corrected chi connectivity index (χ3v) is 4.71. The summed E-state index contributed by atoms with van der Waals surface area (Å²) in [6.07, 6.45) is 0. The number of aromatic amines is 1. The summed E-state index contributed by atoms with van der Waals surface area (Å²) in [5.74, 6) is 0.149. The van der Waals surface area contributed by atoms with Crippen LogP contribution in [0.25, 0.3) is 11.2 Å². The minimum absolute atomic E-state index is 0.0365. The van der Waals surface area contributed by atoms with Crippen LogP contribution in [-0.2, 0) is 20.1 Å². The molecule has 2 aromatic heterocycles. The lowest BCUT2D eigenvalue weighted by molar-refractivity contribution is -0.384. The van der Waals surface area contributed by atoms with Crippen LogP contribution in [0.15, 0.2) is 74.4 Å². The number of nitrogens with zero attached hydrogens (tertiary/aromatic N) is 6. The zero-order valence-corrected chi connectivity index (χ0v) is 16.4. The van der Waals surface area contributed by atoms with E-state index in [4.69, 9.17) is 0 Å². The maximum atomic E-state index is 12.5. The Labute approximate surface area is 174 Å². The number of aromatic nitrogens is 4. The molecule has 0 fully saturated rings. The summed E-state index contributed by atoms with van der Waals surface area (Å²) in [4.78, 5) is 41.5. The van der Waals surface area contributed by atoms with E-state index in [0.29, 0.717) is 12.1 Å². The predicted molar refractivity (Wildman–Crippen MR) is 112 cm³/mol. The van der Waals surface area contributed by atoms with E-state index in [9.17, 15) is 19.7 Å². The van der Waals surface area contributed by atoms with Crippen LogP contribution < -0.4 is 11.2 Å². The van der Waals surface area contributed by atoms with E-state index in [0.717, 1.165) is 5.56 Å². The number of rotatable bonds is 6. The molecule has 2 heterocycles. The van der Waals surface area contributed by atoms with Gasteiger partial charge in [0, 0.05) is 19.2 Å². The van der Waals surface area contributed by atoms with Gasteiger partial charge in [0.15, 0.2) is 11.2 Å². The molecule has 0 aliphatic carbocycles. The highest BCUT2D eigenvalue weighted by molar-refractivity contribution is 5.73. The number of nitro benzene ring substituents is 1. The summed E-state index contributed by atoms with van der Waals surface area (Å²) in [5.41, 5.74) is 0.720. The van der Waals surface area contributed by atoms with Gasteiger partial charge in [-0.25, -0.2) is 4.79 Å². The Bertz CT molecular complexity index is 1420. The highest BCUT2D eigenvalue weighted by atomic mass is 16.6. The molecule has 0 aliphatic rings. The van der Waals surface area contributed by atoms with Crippen molar-refractivity contribution in [3.05, 3.63) is 96.7 Å². The fourth-order valence-corrected chi connectivity index (χ4v) is 3.16. The molecule has 0 bridgehead atoms.